The minimum absolute atomic E-state index is 0.0718. The van der Waals surface area contributed by atoms with Crippen molar-refractivity contribution < 1.29 is 32.3 Å². The Morgan fingerprint density at radius 2 is 1.88 bits per heavy atom. The third-order valence-electron chi connectivity index (χ3n) is 4.24. The van der Waals surface area contributed by atoms with Gasteiger partial charge in [0, 0.05) is 5.56 Å². The third-order valence-corrected chi connectivity index (χ3v) is 4.24. The predicted octanol–water partition coefficient (Wildman–Crippen LogP) is 2.86. The molecule has 0 spiro atoms. The number of benzene rings is 1. The highest BCUT2D eigenvalue weighted by atomic mass is 19.4. The molecule has 1 aliphatic rings. The number of rotatable bonds is 2. The molecule has 8 heteroatoms. The number of ketones is 1. The predicted molar refractivity (Wildman–Crippen MR) is 81.3 cm³/mol. The molecule has 0 fully saturated rings. The molecule has 132 valence electrons. The van der Waals surface area contributed by atoms with Crippen LogP contribution in [0.2, 0.25) is 0 Å². The lowest BCUT2D eigenvalue weighted by atomic mass is 9.98. The molecule has 5 nitrogen and oxygen atoms in total. The lowest BCUT2D eigenvalue weighted by Gasteiger charge is -2.25. The second-order valence-electron chi connectivity index (χ2n) is 5.97. The molecule has 1 amide bonds. The van der Waals surface area contributed by atoms with Crippen LogP contribution in [0.5, 0.6) is 0 Å². The van der Waals surface area contributed by atoms with E-state index in [4.69, 9.17) is 4.42 Å². The Balaban J connectivity index is 2.01. The molecule has 25 heavy (non-hydrogen) atoms. The summed E-state index contributed by atoms with van der Waals surface area (Å²) in [6.07, 6.45) is -2.79. The van der Waals surface area contributed by atoms with Gasteiger partial charge in [0.1, 0.15) is 0 Å². The Hall–Kier alpha value is -2.61. The summed E-state index contributed by atoms with van der Waals surface area (Å²) < 4.78 is 43.7. The van der Waals surface area contributed by atoms with Gasteiger partial charge in [-0.05, 0) is 37.5 Å². The molecule has 2 N–H and O–H groups in total. The Bertz CT molecular complexity index is 852. The standard InChI is InChI=1S/C17H14F3NO4/c1-16(24,17(18,19)20)15(23)21-11-4-2-3-9-5-6-10-7-8-25-14(10)13(22)12(9)11/h2-4,7-8,24H,5-6H2,1H3,(H,21,23). The zero-order chi connectivity index (χ0) is 18.4. The van der Waals surface area contributed by atoms with Gasteiger partial charge in [-0.1, -0.05) is 12.1 Å². The lowest BCUT2D eigenvalue weighted by Crippen LogP contribution is -2.52. The first-order chi connectivity index (χ1) is 11.6. The third kappa shape index (κ3) is 2.82. The number of fused-ring (bicyclic) bond motifs is 2. The van der Waals surface area contributed by atoms with Gasteiger partial charge in [0.15, 0.2) is 5.76 Å². The van der Waals surface area contributed by atoms with Crippen LogP contribution in [0.15, 0.2) is 34.9 Å². The smallest absolute Gasteiger partial charge is 0.426 e. The summed E-state index contributed by atoms with van der Waals surface area (Å²) in [7, 11) is 0. The number of nitrogens with one attached hydrogen (secondary N) is 1. The molecule has 0 aliphatic heterocycles. The second-order valence-corrected chi connectivity index (χ2v) is 5.97. The lowest BCUT2D eigenvalue weighted by molar-refractivity contribution is -0.242. The van der Waals surface area contributed by atoms with Crippen molar-refractivity contribution in [3.05, 3.63) is 53.0 Å². The fraction of sp³-hybridized carbons (Fsp3) is 0.294. The van der Waals surface area contributed by atoms with E-state index in [1.54, 1.807) is 12.1 Å². The molecule has 0 radical (unpaired) electrons. The maximum absolute atomic E-state index is 12.8. The Labute approximate surface area is 140 Å². The molecule has 1 aliphatic carbocycles. The number of aliphatic hydroxyl groups is 1. The van der Waals surface area contributed by atoms with Crippen LogP contribution < -0.4 is 5.32 Å². The minimum atomic E-state index is -5.15. The van der Waals surface area contributed by atoms with E-state index < -0.39 is 23.5 Å². The van der Waals surface area contributed by atoms with Gasteiger partial charge in [0.2, 0.25) is 11.4 Å². The van der Waals surface area contributed by atoms with E-state index in [2.05, 4.69) is 0 Å². The Morgan fingerprint density at radius 1 is 1.20 bits per heavy atom. The van der Waals surface area contributed by atoms with Crippen molar-refractivity contribution in [1.82, 2.24) is 0 Å². The SMILES string of the molecule is CC(O)(C(=O)Nc1cccc2c1C(=O)c1occc1CC2)C(F)(F)F. The van der Waals surface area contributed by atoms with Crippen molar-refractivity contribution in [3.63, 3.8) is 0 Å². The number of aryl methyl sites for hydroxylation is 2. The molecule has 1 aromatic heterocycles. The topological polar surface area (TPSA) is 79.5 Å². The molecule has 0 saturated heterocycles. The summed E-state index contributed by atoms with van der Waals surface area (Å²) in [4.78, 5) is 24.6. The van der Waals surface area contributed by atoms with Crippen LogP contribution in [0, 0.1) is 0 Å². The van der Waals surface area contributed by atoms with Gasteiger partial charge in [0.25, 0.3) is 5.91 Å². The first-order valence-electron chi connectivity index (χ1n) is 7.46. The number of alkyl halides is 3. The summed E-state index contributed by atoms with van der Waals surface area (Å²) in [5, 5.41) is 11.5. The molecule has 0 saturated carbocycles. The van der Waals surface area contributed by atoms with Crippen molar-refractivity contribution in [3.8, 4) is 0 Å². The number of halogens is 3. The zero-order valence-electron chi connectivity index (χ0n) is 13.1. The first kappa shape index (κ1) is 17.2. The van der Waals surface area contributed by atoms with E-state index in [1.165, 1.54) is 18.4 Å². The molecule has 1 heterocycles. The Kier molecular flexibility index (Phi) is 3.95. The van der Waals surface area contributed by atoms with Gasteiger partial charge in [-0.3, -0.25) is 9.59 Å². The van der Waals surface area contributed by atoms with Crippen LogP contribution in [0.25, 0.3) is 0 Å². The van der Waals surface area contributed by atoms with Crippen LogP contribution in [0.4, 0.5) is 18.9 Å². The van der Waals surface area contributed by atoms with Crippen LogP contribution in [-0.2, 0) is 17.6 Å². The quantitative estimate of drug-likeness (QED) is 0.870. The average Bonchev–Trinajstić information content (AvgIpc) is 2.95. The van der Waals surface area contributed by atoms with E-state index in [9.17, 15) is 27.9 Å². The van der Waals surface area contributed by atoms with E-state index in [1.807, 2.05) is 5.32 Å². The van der Waals surface area contributed by atoms with Crippen molar-refractivity contribution in [2.45, 2.75) is 31.5 Å². The number of amides is 1. The van der Waals surface area contributed by atoms with Crippen molar-refractivity contribution >= 4 is 17.4 Å². The molecule has 1 unspecified atom stereocenters. The molecule has 3 rings (SSSR count). The fourth-order valence-corrected chi connectivity index (χ4v) is 2.67. The zero-order valence-corrected chi connectivity index (χ0v) is 13.1. The number of hydrogen-bond acceptors (Lipinski definition) is 4. The molecule has 2 aromatic rings. The van der Waals surface area contributed by atoms with Crippen molar-refractivity contribution in [2.24, 2.45) is 0 Å². The number of carbonyl (C=O) groups excluding carboxylic acids is 2. The average molecular weight is 353 g/mol. The maximum atomic E-state index is 12.8. The Morgan fingerprint density at radius 3 is 2.56 bits per heavy atom. The van der Waals surface area contributed by atoms with E-state index in [0.29, 0.717) is 30.9 Å². The highest BCUT2D eigenvalue weighted by Gasteiger charge is 2.56. The second kappa shape index (κ2) is 5.73. The van der Waals surface area contributed by atoms with Gasteiger partial charge in [-0.2, -0.15) is 13.2 Å². The van der Waals surface area contributed by atoms with Crippen LogP contribution in [-0.4, -0.2) is 28.6 Å². The van der Waals surface area contributed by atoms with Crippen molar-refractivity contribution in [2.75, 3.05) is 5.32 Å². The molecule has 1 atom stereocenters. The summed E-state index contributed by atoms with van der Waals surface area (Å²) in [6, 6.07) is 6.16. The number of anilines is 1. The van der Waals surface area contributed by atoms with Crippen LogP contribution >= 0.6 is 0 Å². The summed E-state index contributed by atoms with van der Waals surface area (Å²) in [5.74, 6) is -2.08. The number of carbonyl (C=O) groups is 2. The van der Waals surface area contributed by atoms with Gasteiger partial charge >= 0.3 is 6.18 Å². The summed E-state index contributed by atoms with van der Waals surface area (Å²) in [5.41, 5.74) is -2.33. The van der Waals surface area contributed by atoms with E-state index >= 15 is 0 Å². The van der Waals surface area contributed by atoms with Crippen molar-refractivity contribution in [1.29, 1.82) is 0 Å². The molecule has 0 bridgehead atoms. The molecular weight excluding hydrogens is 339 g/mol. The maximum Gasteiger partial charge on any atom is 0.426 e. The number of furan rings is 1. The van der Waals surface area contributed by atoms with Gasteiger partial charge < -0.3 is 14.8 Å². The molecule has 1 aromatic carbocycles. The van der Waals surface area contributed by atoms with Gasteiger partial charge in [-0.25, -0.2) is 0 Å². The number of hydrogen-bond donors (Lipinski definition) is 2. The first-order valence-corrected chi connectivity index (χ1v) is 7.46. The minimum Gasteiger partial charge on any atom is -0.461 e. The monoisotopic (exact) mass is 353 g/mol. The fourth-order valence-electron chi connectivity index (χ4n) is 2.67. The van der Waals surface area contributed by atoms with Gasteiger partial charge in [-0.15, -0.1) is 0 Å². The molecular formula is C17H14F3NO4. The van der Waals surface area contributed by atoms with E-state index in [-0.39, 0.29) is 17.0 Å². The van der Waals surface area contributed by atoms with Crippen LogP contribution in [0.3, 0.4) is 0 Å². The highest BCUT2D eigenvalue weighted by Crippen LogP contribution is 2.33. The van der Waals surface area contributed by atoms with E-state index in [0.717, 1.165) is 0 Å². The van der Waals surface area contributed by atoms with Crippen LogP contribution in [0.1, 0.15) is 34.2 Å². The summed E-state index contributed by atoms with van der Waals surface area (Å²) >= 11 is 0. The highest BCUT2D eigenvalue weighted by molar-refractivity contribution is 6.15. The summed E-state index contributed by atoms with van der Waals surface area (Å²) in [6.45, 7) is 0.358. The van der Waals surface area contributed by atoms with Gasteiger partial charge in [0.05, 0.1) is 17.5 Å². The normalized spacial score (nSPS) is 16.4. The largest absolute Gasteiger partial charge is 0.461 e.